The number of benzene rings is 1. The van der Waals surface area contributed by atoms with Crippen molar-refractivity contribution in [1.82, 2.24) is 0 Å². The van der Waals surface area contributed by atoms with Crippen LogP contribution >= 0.6 is 0 Å². The van der Waals surface area contributed by atoms with E-state index >= 15 is 0 Å². The molecule has 0 fully saturated rings. The van der Waals surface area contributed by atoms with Crippen LogP contribution in [0.4, 0.5) is 5.69 Å². The summed E-state index contributed by atoms with van der Waals surface area (Å²) >= 11 is 0. The molecule has 6 heteroatoms. The van der Waals surface area contributed by atoms with E-state index in [9.17, 15) is 14.4 Å². The Morgan fingerprint density at radius 3 is 2.54 bits per heavy atom. The first-order chi connectivity index (χ1) is 11.4. The molecule has 1 aliphatic rings. The molecule has 1 unspecified atom stereocenters. The zero-order valence-corrected chi connectivity index (χ0v) is 14.3. The van der Waals surface area contributed by atoms with Crippen LogP contribution in [0.5, 0.6) is 0 Å². The summed E-state index contributed by atoms with van der Waals surface area (Å²) in [5, 5.41) is 0. The Hall–Kier alpha value is -2.47. The Morgan fingerprint density at radius 1 is 1.25 bits per heavy atom. The number of anilines is 1. The first kappa shape index (κ1) is 17.9. The third kappa shape index (κ3) is 3.38. The second kappa shape index (κ2) is 7.40. The quantitative estimate of drug-likeness (QED) is 0.612. The highest BCUT2D eigenvalue weighted by atomic mass is 16.5. The van der Waals surface area contributed by atoms with Crippen molar-refractivity contribution in [2.45, 2.75) is 33.8 Å². The van der Waals surface area contributed by atoms with E-state index in [4.69, 9.17) is 9.47 Å². The van der Waals surface area contributed by atoms with E-state index in [0.717, 1.165) is 4.90 Å². The molecule has 0 aromatic heterocycles. The van der Waals surface area contributed by atoms with Crippen LogP contribution in [0.3, 0.4) is 0 Å². The monoisotopic (exact) mass is 331 g/mol. The SMILES string of the molecule is CCOC(=O)c1ccc2c(c1)C(=CC(C)OCC)C(=O)N2C(C)=O. The number of hydrogen-bond acceptors (Lipinski definition) is 5. The number of carbonyl (C=O) groups excluding carboxylic acids is 3. The topological polar surface area (TPSA) is 72.9 Å². The molecule has 1 heterocycles. The Balaban J connectivity index is 2.53. The average molecular weight is 331 g/mol. The molecule has 0 saturated carbocycles. The lowest BCUT2D eigenvalue weighted by Crippen LogP contribution is -2.31. The van der Waals surface area contributed by atoms with E-state index in [1.54, 1.807) is 31.2 Å². The molecule has 0 radical (unpaired) electrons. The van der Waals surface area contributed by atoms with Gasteiger partial charge >= 0.3 is 5.97 Å². The van der Waals surface area contributed by atoms with Crippen LogP contribution in [-0.2, 0) is 19.1 Å². The molecule has 1 aromatic rings. The first-order valence-electron chi connectivity index (χ1n) is 7.90. The van der Waals surface area contributed by atoms with Crippen LogP contribution < -0.4 is 4.90 Å². The molecule has 2 rings (SSSR count). The molecule has 0 saturated heterocycles. The van der Waals surface area contributed by atoms with E-state index in [-0.39, 0.29) is 18.6 Å². The fourth-order valence-corrected chi connectivity index (χ4v) is 2.65. The first-order valence-corrected chi connectivity index (χ1v) is 7.90. The van der Waals surface area contributed by atoms with Crippen molar-refractivity contribution in [3.8, 4) is 0 Å². The molecular weight excluding hydrogens is 310 g/mol. The number of hydrogen-bond donors (Lipinski definition) is 0. The minimum atomic E-state index is -0.466. The highest BCUT2D eigenvalue weighted by Crippen LogP contribution is 2.38. The summed E-state index contributed by atoms with van der Waals surface area (Å²) < 4.78 is 10.5. The van der Waals surface area contributed by atoms with Crippen molar-refractivity contribution >= 4 is 29.0 Å². The summed E-state index contributed by atoms with van der Waals surface area (Å²) in [5.41, 5.74) is 1.69. The summed E-state index contributed by atoms with van der Waals surface area (Å²) in [6, 6.07) is 4.72. The lowest BCUT2D eigenvalue weighted by molar-refractivity contribution is -0.122. The van der Waals surface area contributed by atoms with E-state index in [0.29, 0.717) is 29.0 Å². The molecule has 1 aliphatic heterocycles. The fourth-order valence-electron chi connectivity index (χ4n) is 2.65. The highest BCUT2D eigenvalue weighted by Gasteiger charge is 2.35. The second-order valence-electron chi connectivity index (χ2n) is 5.35. The summed E-state index contributed by atoms with van der Waals surface area (Å²) in [6.45, 7) is 7.50. The molecule has 0 spiro atoms. The molecule has 0 aliphatic carbocycles. The summed E-state index contributed by atoms with van der Waals surface area (Å²) in [6.07, 6.45) is 1.38. The van der Waals surface area contributed by atoms with Gasteiger partial charge in [-0.2, -0.15) is 0 Å². The molecule has 0 bridgehead atoms. The second-order valence-corrected chi connectivity index (χ2v) is 5.35. The maximum atomic E-state index is 12.6. The lowest BCUT2D eigenvalue weighted by Gasteiger charge is -2.12. The average Bonchev–Trinajstić information content (AvgIpc) is 2.79. The van der Waals surface area contributed by atoms with Gasteiger partial charge in [0.1, 0.15) is 0 Å². The van der Waals surface area contributed by atoms with Gasteiger partial charge in [-0.3, -0.25) is 9.59 Å². The fraction of sp³-hybridized carbons (Fsp3) is 0.389. The predicted octanol–water partition coefficient (Wildman–Crippen LogP) is 2.56. The van der Waals surface area contributed by atoms with Crippen molar-refractivity contribution in [3.05, 3.63) is 35.4 Å². The molecule has 24 heavy (non-hydrogen) atoms. The highest BCUT2D eigenvalue weighted by molar-refractivity contribution is 6.39. The number of rotatable bonds is 5. The van der Waals surface area contributed by atoms with Gasteiger partial charge in [0.25, 0.3) is 5.91 Å². The van der Waals surface area contributed by atoms with Crippen molar-refractivity contribution < 1.29 is 23.9 Å². The Bertz CT molecular complexity index is 707. The smallest absolute Gasteiger partial charge is 0.338 e. The van der Waals surface area contributed by atoms with E-state index < -0.39 is 11.9 Å². The van der Waals surface area contributed by atoms with Gasteiger partial charge in [0.2, 0.25) is 5.91 Å². The Morgan fingerprint density at radius 2 is 1.96 bits per heavy atom. The van der Waals surface area contributed by atoms with Gasteiger partial charge in [-0.15, -0.1) is 0 Å². The zero-order valence-electron chi connectivity index (χ0n) is 14.3. The largest absolute Gasteiger partial charge is 0.462 e. The summed E-state index contributed by atoms with van der Waals surface area (Å²) in [4.78, 5) is 37.5. The zero-order chi connectivity index (χ0) is 17.9. The summed E-state index contributed by atoms with van der Waals surface area (Å²) in [5.74, 6) is -1.26. The van der Waals surface area contributed by atoms with E-state index in [1.807, 2.05) is 13.8 Å². The van der Waals surface area contributed by atoms with Crippen LogP contribution in [0.1, 0.15) is 43.6 Å². The Kier molecular flexibility index (Phi) is 5.51. The molecule has 1 atom stereocenters. The van der Waals surface area contributed by atoms with Gasteiger partial charge in [-0.1, -0.05) is 0 Å². The van der Waals surface area contributed by atoms with Gasteiger partial charge in [0.15, 0.2) is 0 Å². The van der Waals surface area contributed by atoms with Gasteiger partial charge in [0, 0.05) is 24.7 Å². The maximum Gasteiger partial charge on any atom is 0.338 e. The predicted molar refractivity (Wildman–Crippen MR) is 89.6 cm³/mol. The minimum absolute atomic E-state index is 0.262. The van der Waals surface area contributed by atoms with Gasteiger partial charge < -0.3 is 9.47 Å². The number of nitrogens with zero attached hydrogens (tertiary/aromatic N) is 1. The van der Waals surface area contributed by atoms with Crippen molar-refractivity contribution in [1.29, 1.82) is 0 Å². The van der Waals surface area contributed by atoms with E-state index in [1.165, 1.54) is 6.92 Å². The standard InChI is InChI=1S/C18H21NO5/c1-5-23-11(3)9-15-14-10-13(18(22)24-6-2)7-8-16(14)19(12(4)20)17(15)21/h7-11H,5-6H2,1-4H3. The van der Waals surface area contributed by atoms with Gasteiger partial charge in [-0.25, -0.2) is 9.69 Å². The third-order valence-electron chi connectivity index (χ3n) is 3.62. The van der Waals surface area contributed by atoms with Crippen LogP contribution in [0.15, 0.2) is 24.3 Å². The third-order valence-corrected chi connectivity index (χ3v) is 3.62. The normalized spacial score (nSPS) is 16.2. The van der Waals surface area contributed by atoms with Gasteiger partial charge in [0.05, 0.1) is 24.0 Å². The number of carbonyl (C=O) groups is 3. The number of fused-ring (bicyclic) bond motifs is 1. The van der Waals surface area contributed by atoms with Crippen molar-refractivity contribution in [3.63, 3.8) is 0 Å². The molecule has 6 nitrogen and oxygen atoms in total. The molecule has 1 aromatic carbocycles. The maximum absolute atomic E-state index is 12.6. The summed E-state index contributed by atoms with van der Waals surface area (Å²) in [7, 11) is 0. The molecular formula is C18H21NO5. The number of ether oxygens (including phenoxy) is 2. The van der Waals surface area contributed by atoms with Gasteiger partial charge in [-0.05, 0) is 45.0 Å². The van der Waals surface area contributed by atoms with Crippen LogP contribution in [-0.4, -0.2) is 37.1 Å². The van der Waals surface area contributed by atoms with Crippen molar-refractivity contribution in [2.75, 3.05) is 18.1 Å². The van der Waals surface area contributed by atoms with Crippen LogP contribution in [0, 0.1) is 0 Å². The van der Waals surface area contributed by atoms with Crippen LogP contribution in [0.25, 0.3) is 5.57 Å². The molecule has 2 amide bonds. The minimum Gasteiger partial charge on any atom is -0.462 e. The Labute approximate surface area is 141 Å². The molecule has 128 valence electrons. The number of imide groups is 1. The molecule has 0 N–H and O–H groups in total. The van der Waals surface area contributed by atoms with E-state index in [2.05, 4.69) is 0 Å². The lowest BCUT2D eigenvalue weighted by atomic mass is 10.0. The number of esters is 1. The van der Waals surface area contributed by atoms with Crippen molar-refractivity contribution in [2.24, 2.45) is 0 Å². The number of amides is 2. The van der Waals surface area contributed by atoms with Crippen LogP contribution in [0.2, 0.25) is 0 Å².